The lowest BCUT2D eigenvalue weighted by Gasteiger charge is -2.07. The number of carbonyl (C=O) groups excluding carboxylic acids is 1. The summed E-state index contributed by atoms with van der Waals surface area (Å²) in [5, 5.41) is 15.3. The minimum absolute atomic E-state index is 0.153. The Morgan fingerprint density at radius 2 is 2.07 bits per heavy atom. The third-order valence-electron chi connectivity index (χ3n) is 3.81. The molecule has 7 nitrogen and oxygen atoms in total. The maximum atomic E-state index is 12.2. The number of thioether (sulfide) groups is 1. The number of nitrogens with zero attached hydrogens (tertiary/aromatic N) is 5. The monoisotopic (exact) mass is 402 g/mol. The van der Waals surface area contributed by atoms with Crippen LogP contribution in [0.3, 0.4) is 0 Å². The molecule has 0 saturated heterocycles. The third-order valence-corrected chi connectivity index (χ3v) is 5.03. The van der Waals surface area contributed by atoms with Gasteiger partial charge in [-0.3, -0.25) is 4.79 Å². The second-order valence-electron chi connectivity index (χ2n) is 5.82. The molecule has 2 aromatic heterocycles. The van der Waals surface area contributed by atoms with Crippen molar-refractivity contribution < 1.29 is 4.79 Å². The van der Waals surface area contributed by atoms with E-state index in [4.69, 9.17) is 11.6 Å². The average molecular weight is 403 g/mol. The number of aromatic nitrogens is 5. The zero-order chi connectivity index (χ0) is 19.1. The Hall–Kier alpha value is -2.45. The van der Waals surface area contributed by atoms with Crippen molar-refractivity contribution in [3.8, 4) is 5.69 Å². The number of hydrogen-bond donors (Lipinski definition) is 1. The van der Waals surface area contributed by atoms with E-state index in [0.29, 0.717) is 10.8 Å². The predicted octanol–water partition coefficient (Wildman–Crippen LogP) is 3.78. The molecule has 0 unspecified atom stereocenters. The van der Waals surface area contributed by atoms with E-state index in [-0.39, 0.29) is 16.8 Å². The summed E-state index contributed by atoms with van der Waals surface area (Å²) in [5.41, 5.74) is 2.63. The number of aryl methyl sites for hydroxylation is 1. The molecule has 0 bridgehead atoms. The first kappa shape index (κ1) is 19.3. The molecular weight excluding hydrogens is 384 g/mol. The number of unbranched alkanes of at least 4 members (excludes halogenated alkanes) is 1. The molecule has 9 heteroatoms. The summed E-state index contributed by atoms with van der Waals surface area (Å²) in [6, 6.07) is 11.5. The number of rotatable bonds is 8. The van der Waals surface area contributed by atoms with Gasteiger partial charge >= 0.3 is 0 Å². The van der Waals surface area contributed by atoms with E-state index in [2.05, 4.69) is 44.9 Å². The van der Waals surface area contributed by atoms with Gasteiger partial charge in [-0.1, -0.05) is 48.8 Å². The van der Waals surface area contributed by atoms with Crippen molar-refractivity contribution >= 4 is 35.0 Å². The molecule has 0 spiro atoms. The van der Waals surface area contributed by atoms with E-state index in [0.717, 1.165) is 12.1 Å². The second-order valence-corrected chi connectivity index (χ2v) is 7.12. The number of tetrazole rings is 1. The normalized spacial score (nSPS) is 10.7. The number of nitrogens with one attached hydrogen (secondary N) is 1. The number of anilines is 1. The first-order chi connectivity index (χ1) is 13.2. The van der Waals surface area contributed by atoms with E-state index in [1.54, 1.807) is 23.0 Å². The Morgan fingerprint density at radius 3 is 2.81 bits per heavy atom. The van der Waals surface area contributed by atoms with Crippen molar-refractivity contribution in [2.45, 2.75) is 31.3 Å². The van der Waals surface area contributed by atoms with E-state index in [9.17, 15) is 4.79 Å². The summed E-state index contributed by atoms with van der Waals surface area (Å²) in [5.74, 6) is -0.0560. The number of pyridine rings is 1. The van der Waals surface area contributed by atoms with Crippen LogP contribution in [-0.2, 0) is 11.2 Å². The molecule has 0 atom stereocenters. The van der Waals surface area contributed by atoms with Gasteiger partial charge in [-0.15, -0.1) is 5.10 Å². The Kier molecular flexibility index (Phi) is 6.78. The fraction of sp³-hybridized carbons (Fsp3) is 0.278. The molecule has 0 aliphatic heterocycles. The van der Waals surface area contributed by atoms with Gasteiger partial charge < -0.3 is 5.32 Å². The van der Waals surface area contributed by atoms with E-state index in [1.165, 1.54) is 30.2 Å². The van der Waals surface area contributed by atoms with Crippen molar-refractivity contribution in [3.63, 3.8) is 0 Å². The molecule has 27 heavy (non-hydrogen) atoms. The highest BCUT2D eigenvalue weighted by Gasteiger charge is 2.13. The van der Waals surface area contributed by atoms with Gasteiger partial charge in [0.2, 0.25) is 11.1 Å². The third kappa shape index (κ3) is 5.27. The second kappa shape index (κ2) is 9.48. The molecule has 1 amide bonds. The van der Waals surface area contributed by atoms with Crippen LogP contribution < -0.4 is 5.32 Å². The summed E-state index contributed by atoms with van der Waals surface area (Å²) in [7, 11) is 0. The summed E-state index contributed by atoms with van der Waals surface area (Å²) in [6.45, 7) is 2.18. The Morgan fingerprint density at radius 1 is 1.26 bits per heavy atom. The Balaban J connectivity index is 1.61. The van der Waals surface area contributed by atoms with Crippen LogP contribution >= 0.6 is 23.4 Å². The van der Waals surface area contributed by atoms with Crippen LogP contribution in [0.15, 0.2) is 47.8 Å². The van der Waals surface area contributed by atoms with Gasteiger partial charge in [0.25, 0.3) is 0 Å². The highest BCUT2D eigenvalue weighted by Crippen LogP contribution is 2.21. The molecule has 0 saturated carbocycles. The molecule has 0 aliphatic rings. The topological polar surface area (TPSA) is 85.6 Å². The van der Waals surface area contributed by atoms with Crippen LogP contribution in [-0.4, -0.2) is 36.9 Å². The molecule has 0 fully saturated rings. The minimum atomic E-state index is -0.209. The Labute approximate surface area is 166 Å². The quantitative estimate of drug-likeness (QED) is 0.455. The van der Waals surface area contributed by atoms with Crippen molar-refractivity contribution in [2.75, 3.05) is 11.1 Å². The van der Waals surface area contributed by atoms with Gasteiger partial charge in [0.1, 0.15) is 0 Å². The highest BCUT2D eigenvalue weighted by molar-refractivity contribution is 7.99. The number of amides is 1. The maximum absolute atomic E-state index is 12.2. The molecular formula is C18H19ClN6OS. The van der Waals surface area contributed by atoms with Crippen LogP contribution in [0.2, 0.25) is 5.15 Å². The molecule has 2 heterocycles. The Bertz CT molecular complexity index is 899. The van der Waals surface area contributed by atoms with Crippen LogP contribution in [0.1, 0.15) is 25.3 Å². The number of halogens is 1. The molecule has 1 aromatic carbocycles. The summed E-state index contributed by atoms with van der Waals surface area (Å²) in [6.07, 6.45) is 4.96. The van der Waals surface area contributed by atoms with Crippen molar-refractivity contribution in [1.82, 2.24) is 25.2 Å². The van der Waals surface area contributed by atoms with Crippen LogP contribution in [0.25, 0.3) is 5.69 Å². The zero-order valence-corrected chi connectivity index (χ0v) is 16.4. The van der Waals surface area contributed by atoms with Gasteiger partial charge in [-0.25, -0.2) is 4.98 Å². The van der Waals surface area contributed by atoms with Gasteiger partial charge in [-0.05, 0) is 53.1 Å². The fourth-order valence-corrected chi connectivity index (χ4v) is 3.27. The smallest absolute Gasteiger partial charge is 0.234 e. The standard InChI is InChI=1S/C18H19ClN6OS/c1-2-3-5-13-7-9-14(10-8-13)25-18(22-23-24-25)27-12-16(26)21-15-6-4-11-20-17(15)19/h4,6-11H,2-3,5,12H2,1H3,(H,21,26). The van der Waals surface area contributed by atoms with Crippen LogP contribution in [0.5, 0.6) is 0 Å². The molecule has 140 valence electrons. The highest BCUT2D eigenvalue weighted by atomic mass is 35.5. The van der Waals surface area contributed by atoms with Crippen molar-refractivity contribution in [1.29, 1.82) is 0 Å². The molecule has 0 aliphatic carbocycles. The van der Waals surface area contributed by atoms with Gasteiger partial charge in [0, 0.05) is 6.20 Å². The summed E-state index contributed by atoms with van der Waals surface area (Å²) >= 11 is 7.20. The summed E-state index contributed by atoms with van der Waals surface area (Å²) < 4.78 is 1.62. The van der Waals surface area contributed by atoms with E-state index >= 15 is 0 Å². The average Bonchev–Trinajstić information content (AvgIpc) is 3.15. The van der Waals surface area contributed by atoms with Gasteiger partial charge in [0.15, 0.2) is 5.15 Å². The lowest BCUT2D eigenvalue weighted by atomic mass is 10.1. The molecule has 0 radical (unpaired) electrons. The zero-order valence-electron chi connectivity index (χ0n) is 14.8. The predicted molar refractivity (Wildman–Crippen MR) is 106 cm³/mol. The van der Waals surface area contributed by atoms with E-state index < -0.39 is 0 Å². The number of carbonyl (C=O) groups is 1. The minimum Gasteiger partial charge on any atom is -0.323 e. The fourth-order valence-electron chi connectivity index (χ4n) is 2.41. The SMILES string of the molecule is CCCCc1ccc(-n2nnnc2SCC(=O)Nc2cccnc2Cl)cc1. The van der Waals surface area contributed by atoms with Crippen LogP contribution in [0, 0.1) is 0 Å². The summed E-state index contributed by atoms with van der Waals surface area (Å²) in [4.78, 5) is 16.1. The maximum Gasteiger partial charge on any atom is 0.234 e. The first-order valence-corrected chi connectivity index (χ1v) is 9.94. The number of hydrogen-bond acceptors (Lipinski definition) is 6. The molecule has 3 aromatic rings. The lowest BCUT2D eigenvalue weighted by Crippen LogP contribution is -2.15. The lowest BCUT2D eigenvalue weighted by molar-refractivity contribution is -0.113. The van der Waals surface area contributed by atoms with Crippen LogP contribution in [0.4, 0.5) is 5.69 Å². The molecule has 3 rings (SSSR count). The van der Waals surface area contributed by atoms with E-state index in [1.807, 2.05) is 12.1 Å². The largest absolute Gasteiger partial charge is 0.323 e. The first-order valence-electron chi connectivity index (χ1n) is 8.58. The van der Waals surface area contributed by atoms with Crippen molar-refractivity contribution in [2.24, 2.45) is 0 Å². The van der Waals surface area contributed by atoms with Gasteiger partial charge in [0.05, 0.1) is 17.1 Å². The molecule has 1 N–H and O–H groups in total. The van der Waals surface area contributed by atoms with Crippen molar-refractivity contribution in [3.05, 3.63) is 53.3 Å². The number of benzene rings is 1. The van der Waals surface area contributed by atoms with Gasteiger partial charge in [-0.2, -0.15) is 4.68 Å².